The highest BCUT2D eigenvalue weighted by Crippen LogP contribution is 2.25. The van der Waals surface area contributed by atoms with E-state index >= 15 is 0 Å². The molecule has 140 valence electrons. The molecule has 0 aliphatic carbocycles. The number of anilines is 1. The number of aromatic nitrogens is 1. The van der Waals surface area contributed by atoms with E-state index in [1.807, 2.05) is 10.3 Å². The van der Waals surface area contributed by atoms with Crippen LogP contribution in [0.25, 0.3) is 0 Å². The summed E-state index contributed by atoms with van der Waals surface area (Å²) in [6, 6.07) is 0.528. The number of aliphatic hydroxyl groups is 1. The van der Waals surface area contributed by atoms with Gasteiger partial charge in [0.05, 0.1) is 12.3 Å². The zero-order valence-corrected chi connectivity index (χ0v) is 15.9. The van der Waals surface area contributed by atoms with Crippen molar-refractivity contribution in [1.29, 1.82) is 0 Å². The number of rotatable bonds is 4. The third-order valence-corrected chi connectivity index (χ3v) is 5.93. The van der Waals surface area contributed by atoms with E-state index in [2.05, 4.69) is 28.6 Å². The molecule has 2 fully saturated rings. The Hall–Kier alpha value is -1.38. The standard InChI is InChI=1S/C17H28N4O3S/c1-13(2)19-7-9-21(10-8-19)17(23)24-15-3-5-20(6-4-15)16-18-14(11-22)12-25-16/h12-13,15,22H,3-11H2,1-2H3. The van der Waals surface area contributed by atoms with Crippen molar-refractivity contribution in [2.24, 2.45) is 0 Å². The van der Waals surface area contributed by atoms with Crippen LogP contribution in [0.1, 0.15) is 32.4 Å². The molecule has 0 spiro atoms. The minimum absolute atomic E-state index is 0.0100. The third-order valence-electron chi connectivity index (χ3n) is 4.98. The summed E-state index contributed by atoms with van der Waals surface area (Å²) in [5.41, 5.74) is 0.717. The van der Waals surface area contributed by atoms with Crippen molar-refractivity contribution >= 4 is 22.6 Å². The molecule has 0 aromatic carbocycles. The van der Waals surface area contributed by atoms with Crippen molar-refractivity contribution in [3.05, 3.63) is 11.1 Å². The second kappa shape index (κ2) is 8.33. The molecule has 25 heavy (non-hydrogen) atoms. The number of piperazine rings is 1. The summed E-state index contributed by atoms with van der Waals surface area (Å²) in [7, 11) is 0. The van der Waals surface area contributed by atoms with Gasteiger partial charge in [-0.15, -0.1) is 11.3 Å². The van der Waals surface area contributed by atoms with Crippen molar-refractivity contribution < 1.29 is 14.6 Å². The fourth-order valence-electron chi connectivity index (χ4n) is 3.32. The van der Waals surface area contributed by atoms with Crippen LogP contribution in [-0.4, -0.2) is 77.4 Å². The van der Waals surface area contributed by atoms with Gasteiger partial charge >= 0.3 is 6.09 Å². The molecule has 0 radical (unpaired) electrons. The van der Waals surface area contributed by atoms with E-state index < -0.39 is 0 Å². The van der Waals surface area contributed by atoms with Crippen molar-refractivity contribution in [3.8, 4) is 0 Å². The summed E-state index contributed by atoms with van der Waals surface area (Å²) in [5, 5.41) is 12.0. The van der Waals surface area contributed by atoms with E-state index in [0.717, 1.165) is 57.2 Å². The van der Waals surface area contributed by atoms with Crippen molar-refractivity contribution in [3.63, 3.8) is 0 Å². The van der Waals surface area contributed by atoms with Crippen molar-refractivity contribution in [2.75, 3.05) is 44.2 Å². The van der Waals surface area contributed by atoms with E-state index in [1.54, 1.807) is 11.3 Å². The van der Waals surface area contributed by atoms with Gasteiger partial charge in [0.2, 0.25) is 0 Å². The molecule has 2 aliphatic heterocycles. The molecular formula is C17H28N4O3S. The molecule has 0 unspecified atom stereocenters. The number of carbonyl (C=O) groups excluding carboxylic acids is 1. The fraction of sp³-hybridized carbons (Fsp3) is 0.765. The van der Waals surface area contributed by atoms with Gasteiger partial charge in [0, 0.05) is 63.5 Å². The zero-order chi connectivity index (χ0) is 17.8. The van der Waals surface area contributed by atoms with E-state index in [4.69, 9.17) is 9.84 Å². The molecule has 1 aromatic rings. The first-order valence-corrected chi connectivity index (χ1v) is 9.94. The maximum atomic E-state index is 12.4. The second-order valence-electron chi connectivity index (χ2n) is 6.97. The number of hydrogen-bond acceptors (Lipinski definition) is 7. The molecule has 2 saturated heterocycles. The Balaban J connectivity index is 1.42. The molecule has 2 aliphatic rings. The Labute approximate surface area is 153 Å². The van der Waals surface area contributed by atoms with Crippen LogP contribution < -0.4 is 4.90 Å². The van der Waals surface area contributed by atoms with Gasteiger partial charge in [0.25, 0.3) is 0 Å². The topological polar surface area (TPSA) is 69.1 Å². The highest BCUT2D eigenvalue weighted by Gasteiger charge is 2.28. The first-order valence-electron chi connectivity index (χ1n) is 9.06. The number of hydrogen-bond donors (Lipinski definition) is 1. The van der Waals surface area contributed by atoms with Gasteiger partial charge in [-0.05, 0) is 13.8 Å². The van der Waals surface area contributed by atoms with Crippen LogP contribution in [0.5, 0.6) is 0 Å². The number of thiazole rings is 1. The number of carbonyl (C=O) groups is 1. The average molecular weight is 369 g/mol. The Bertz CT molecular complexity index is 564. The van der Waals surface area contributed by atoms with E-state index in [1.165, 1.54) is 0 Å². The molecule has 8 heteroatoms. The molecule has 7 nitrogen and oxygen atoms in total. The zero-order valence-electron chi connectivity index (χ0n) is 15.1. The minimum Gasteiger partial charge on any atom is -0.446 e. The molecule has 1 amide bonds. The van der Waals surface area contributed by atoms with E-state index in [-0.39, 0.29) is 18.8 Å². The molecule has 3 heterocycles. The molecule has 0 atom stereocenters. The SMILES string of the molecule is CC(C)N1CCN(C(=O)OC2CCN(c3nc(CO)cs3)CC2)CC1. The first-order chi connectivity index (χ1) is 12.1. The Morgan fingerprint density at radius 2 is 1.96 bits per heavy atom. The summed E-state index contributed by atoms with van der Waals surface area (Å²) in [6.45, 7) is 9.35. The van der Waals surface area contributed by atoms with Gasteiger partial charge in [0.15, 0.2) is 5.13 Å². The maximum absolute atomic E-state index is 12.4. The van der Waals surface area contributed by atoms with E-state index in [0.29, 0.717) is 11.7 Å². The first kappa shape index (κ1) is 18.4. The molecule has 0 saturated carbocycles. The highest BCUT2D eigenvalue weighted by molar-refractivity contribution is 7.13. The van der Waals surface area contributed by atoms with Crippen LogP contribution in [-0.2, 0) is 11.3 Å². The van der Waals surface area contributed by atoms with Gasteiger partial charge in [0.1, 0.15) is 6.10 Å². The molecule has 1 N–H and O–H groups in total. The van der Waals surface area contributed by atoms with Crippen LogP contribution in [0, 0.1) is 0 Å². The molecular weight excluding hydrogens is 340 g/mol. The predicted molar refractivity (Wildman–Crippen MR) is 98.0 cm³/mol. The summed E-state index contributed by atoms with van der Waals surface area (Å²) in [4.78, 5) is 23.2. The lowest BCUT2D eigenvalue weighted by Gasteiger charge is -2.37. The second-order valence-corrected chi connectivity index (χ2v) is 7.80. The quantitative estimate of drug-likeness (QED) is 0.873. The molecule has 3 rings (SSSR count). The fourth-order valence-corrected chi connectivity index (χ4v) is 4.19. The molecule has 1 aromatic heterocycles. The van der Waals surface area contributed by atoms with Gasteiger partial charge in [-0.3, -0.25) is 4.90 Å². The predicted octanol–water partition coefficient (Wildman–Crippen LogP) is 1.77. The van der Waals surface area contributed by atoms with Gasteiger partial charge in [-0.2, -0.15) is 0 Å². The third kappa shape index (κ3) is 4.62. The monoisotopic (exact) mass is 368 g/mol. The number of amides is 1. The average Bonchev–Trinajstić information content (AvgIpc) is 3.11. The summed E-state index contributed by atoms with van der Waals surface area (Å²) in [6.07, 6.45) is 1.47. The van der Waals surface area contributed by atoms with Crippen LogP contribution in [0.2, 0.25) is 0 Å². The Kier molecular flexibility index (Phi) is 6.14. The van der Waals surface area contributed by atoms with Gasteiger partial charge in [-0.25, -0.2) is 9.78 Å². The Morgan fingerprint density at radius 3 is 2.52 bits per heavy atom. The lowest BCUT2D eigenvalue weighted by molar-refractivity contribution is 0.0338. The van der Waals surface area contributed by atoms with Crippen LogP contribution in [0.15, 0.2) is 5.38 Å². The summed E-state index contributed by atoms with van der Waals surface area (Å²) >= 11 is 1.56. The Morgan fingerprint density at radius 1 is 1.28 bits per heavy atom. The van der Waals surface area contributed by atoms with Gasteiger partial charge in [-0.1, -0.05) is 0 Å². The number of nitrogens with zero attached hydrogens (tertiary/aromatic N) is 4. The smallest absolute Gasteiger partial charge is 0.410 e. The number of ether oxygens (including phenoxy) is 1. The van der Waals surface area contributed by atoms with Crippen molar-refractivity contribution in [2.45, 2.75) is 45.4 Å². The highest BCUT2D eigenvalue weighted by atomic mass is 32.1. The number of aliphatic hydroxyl groups excluding tert-OH is 1. The lowest BCUT2D eigenvalue weighted by atomic mass is 10.1. The minimum atomic E-state index is -0.168. The normalized spacial score (nSPS) is 20.3. The maximum Gasteiger partial charge on any atom is 0.410 e. The number of piperidine rings is 1. The van der Waals surface area contributed by atoms with Crippen LogP contribution in [0.4, 0.5) is 9.93 Å². The lowest BCUT2D eigenvalue weighted by Crippen LogP contribution is -2.51. The van der Waals surface area contributed by atoms with Crippen LogP contribution >= 0.6 is 11.3 Å². The molecule has 0 bridgehead atoms. The van der Waals surface area contributed by atoms with E-state index in [9.17, 15) is 4.79 Å². The van der Waals surface area contributed by atoms with Crippen LogP contribution in [0.3, 0.4) is 0 Å². The van der Waals surface area contributed by atoms with Crippen molar-refractivity contribution in [1.82, 2.24) is 14.8 Å². The largest absolute Gasteiger partial charge is 0.446 e. The van der Waals surface area contributed by atoms with Gasteiger partial charge < -0.3 is 19.6 Å². The summed E-state index contributed by atoms with van der Waals surface area (Å²) < 4.78 is 5.72. The summed E-state index contributed by atoms with van der Waals surface area (Å²) in [5.74, 6) is 0.